The largest absolute Gasteiger partial charge is 0.424 e. The predicted octanol–water partition coefficient (Wildman–Crippen LogP) is 0.763. The molecule has 0 aliphatic rings. The molecule has 2 nitrogen and oxygen atoms in total. The topological polar surface area (TPSA) is 20.1 Å². The average molecular weight is 114 g/mol. The van der Waals surface area contributed by atoms with Crippen LogP contribution in [0, 0.1) is 0 Å². The van der Waals surface area contributed by atoms with Crippen molar-refractivity contribution in [2.24, 2.45) is 0 Å². The Morgan fingerprint density at radius 3 is 1.75 bits per heavy atom. The SMILES string of the molecule is C[N+](=C=O)C(C)(C)C. The van der Waals surface area contributed by atoms with Crippen LogP contribution in [0.4, 0.5) is 0 Å². The maximum atomic E-state index is 9.95. The van der Waals surface area contributed by atoms with E-state index in [-0.39, 0.29) is 5.54 Å². The second-order valence-corrected chi connectivity index (χ2v) is 2.82. The lowest BCUT2D eigenvalue weighted by molar-refractivity contribution is -0.567. The fraction of sp³-hybridized carbons (Fsp3) is 0.833. The van der Waals surface area contributed by atoms with Crippen molar-refractivity contribution in [3.8, 4) is 0 Å². The first-order chi connectivity index (χ1) is 3.48. The first kappa shape index (κ1) is 7.38. The van der Waals surface area contributed by atoms with Crippen molar-refractivity contribution in [3.05, 3.63) is 0 Å². The Kier molecular flexibility index (Phi) is 1.94. The van der Waals surface area contributed by atoms with E-state index in [4.69, 9.17) is 0 Å². The van der Waals surface area contributed by atoms with Gasteiger partial charge in [-0.05, 0) is 0 Å². The van der Waals surface area contributed by atoms with Crippen LogP contribution in [0.2, 0.25) is 0 Å². The van der Waals surface area contributed by atoms with Gasteiger partial charge in [0.1, 0.15) is 7.05 Å². The quantitative estimate of drug-likeness (QED) is 0.258. The lowest BCUT2D eigenvalue weighted by atomic mass is 10.1. The molecule has 0 saturated carbocycles. The monoisotopic (exact) mass is 114 g/mol. The second kappa shape index (κ2) is 2.10. The zero-order valence-electron chi connectivity index (χ0n) is 5.86. The van der Waals surface area contributed by atoms with Crippen LogP contribution in [-0.2, 0) is 4.79 Å². The Hall–Kier alpha value is -0.620. The van der Waals surface area contributed by atoms with Crippen LogP contribution in [0.1, 0.15) is 20.8 Å². The summed E-state index contributed by atoms with van der Waals surface area (Å²) in [5.74, 6) is 0. The van der Waals surface area contributed by atoms with Gasteiger partial charge in [0.05, 0.1) is 0 Å². The fourth-order valence-electron chi connectivity index (χ4n) is 0.137. The molecule has 2 heteroatoms. The standard InChI is InChI=1S/C6H12NO/c1-6(2,3)7(4)5-8/h1-4H3/q+1. The molecule has 0 fully saturated rings. The van der Waals surface area contributed by atoms with E-state index in [1.54, 1.807) is 13.1 Å². The molecule has 0 rings (SSSR count). The highest BCUT2D eigenvalue weighted by atomic mass is 16.1. The minimum Gasteiger partial charge on any atom is -0.159 e. The Morgan fingerprint density at radius 1 is 1.38 bits per heavy atom. The van der Waals surface area contributed by atoms with Crippen LogP contribution >= 0.6 is 0 Å². The van der Waals surface area contributed by atoms with Gasteiger partial charge in [0.2, 0.25) is 0 Å². The first-order valence-electron chi connectivity index (χ1n) is 2.60. The molecule has 0 amide bonds. The third-order valence-corrected chi connectivity index (χ3v) is 1.14. The molecule has 0 aliphatic carbocycles. The molecule has 46 valence electrons. The Labute approximate surface area is 49.8 Å². The predicted molar refractivity (Wildman–Crippen MR) is 31.6 cm³/mol. The Bertz CT molecular complexity index is 126. The van der Waals surface area contributed by atoms with Gasteiger partial charge in [0.25, 0.3) is 0 Å². The molecule has 0 radical (unpaired) electrons. The van der Waals surface area contributed by atoms with Crippen molar-refractivity contribution >= 4 is 6.08 Å². The van der Waals surface area contributed by atoms with Gasteiger partial charge in [-0.3, -0.25) is 0 Å². The third kappa shape index (κ3) is 1.90. The number of carbonyl (C=O) groups excluding carboxylic acids is 1. The average Bonchev–Trinajstić information content (AvgIpc) is 1.62. The lowest BCUT2D eigenvalue weighted by Crippen LogP contribution is -2.28. The maximum absolute atomic E-state index is 9.95. The Morgan fingerprint density at radius 2 is 1.75 bits per heavy atom. The van der Waals surface area contributed by atoms with Crippen LogP contribution in [0.3, 0.4) is 0 Å². The second-order valence-electron chi connectivity index (χ2n) is 2.82. The van der Waals surface area contributed by atoms with Gasteiger partial charge in [0.15, 0.2) is 5.54 Å². The molecule has 8 heavy (non-hydrogen) atoms. The van der Waals surface area contributed by atoms with E-state index >= 15 is 0 Å². The zero-order valence-corrected chi connectivity index (χ0v) is 5.86. The van der Waals surface area contributed by atoms with E-state index in [0.717, 1.165) is 0 Å². The van der Waals surface area contributed by atoms with E-state index in [0.29, 0.717) is 0 Å². The van der Waals surface area contributed by atoms with Crippen LogP contribution in [0.15, 0.2) is 0 Å². The zero-order chi connectivity index (χ0) is 6.78. The Balaban J connectivity index is 4.26. The van der Waals surface area contributed by atoms with E-state index in [2.05, 4.69) is 0 Å². The summed E-state index contributed by atoms with van der Waals surface area (Å²) in [5, 5.41) is 0. The molecular weight excluding hydrogens is 102 g/mol. The van der Waals surface area contributed by atoms with Gasteiger partial charge in [-0.25, -0.2) is 0 Å². The number of isocyanates is 1. The van der Waals surface area contributed by atoms with Gasteiger partial charge < -0.3 is 0 Å². The number of rotatable bonds is 0. The molecule has 0 aromatic heterocycles. The first-order valence-corrected chi connectivity index (χ1v) is 2.60. The summed E-state index contributed by atoms with van der Waals surface area (Å²) >= 11 is 0. The van der Waals surface area contributed by atoms with Crippen LogP contribution in [0.25, 0.3) is 0 Å². The summed E-state index contributed by atoms with van der Waals surface area (Å²) in [6.07, 6.45) is 1.79. The van der Waals surface area contributed by atoms with E-state index in [9.17, 15) is 4.79 Å². The summed E-state index contributed by atoms with van der Waals surface area (Å²) in [7, 11) is 1.72. The number of hydrogen-bond acceptors (Lipinski definition) is 1. The molecule has 0 aromatic carbocycles. The summed E-state index contributed by atoms with van der Waals surface area (Å²) in [6, 6.07) is 0. The van der Waals surface area contributed by atoms with Crippen molar-refractivity contribution in [2.45, 2.75) is 26.3 Å². The molecule has 0 bridgehead atoms. The summed E-state index contributed by atoms with van der Waals surface area (Å²) in [4.78, 5) is 9.95. The summed E-state index contributed by atoms with van der Waals surface area (Å²) < 4.78 is 1.51. The van der Waals surface area contributed by atoms with E-state index < -0.39 is 0 Å². The van der Waals surface area contributed by atoms with Crippen LogP contribution in [-0.4, -0.2) is 23.2 Å². The number of hydrogen-bond donors (Lipinski definition) is 0. The van der Waals surface area contributed by atoms with E-state index in [1.165, 1.54) is 4.58 Å². The van der Waals surface area contributed by atoms with Crippen molar-refractivity contribution in [2.75, 3.05) is 7.05 Å². The van der Waals surface area contributed by atoms with Crippen molar-refractivity contribution in [1.82, 2.24) is 0 Å². The van der Waals surface area contributed by atoms with Crippen molar-refractivity contribution in [3.63, 3.8) is 0 Å². The highest BCUT2D eigenvalue weighted by Crippen LogP contribution is 2.01. The van der Waals surface area contributed by atoms with Gasteiger partial charge in [-0.2, -0.15) is 9.37 Å². The summed E-state index contributed by atoms with van der Waals surface area (Å²) in [5.41, 5.74) is -0.0816. The molecule has 0 aliphatic heterocycles. The molecular formula is C6H12NO+. The molecule has 0 atom stereocenters. The molecule has 0 spiro atoms. The smallest absolute Gasteiger partial charge is 0.159 e. The summed E-state index contributed by atoms with van der Waals surface area (Å²) in [6.45, 7) is 5.87. The molecule has 0 saturated heterocycles. The highest BCUT2D eigenvalue weighted by Gasteiger charge is 2.19. The minimum atomic E-state index is -0.0816. The molecule has 0 aromatic rings. The molecule has 0 N–H and O–H groups in total. The van der Waals surface area contributed by atoms with Gasteiger partial charge >= 0.3 is 6.08 Å². The van der Waals surface area contributed by atoms with Gasteiger partial charge in [-0.15, -0.1) is 0 Å². The minimum absolute atomic E-state index is 0.0816. The maximum Gasteiger partial charge on any atom is 0.424 e. The lowest BCUT2D eigenvalue weighted by Gasteiger charge is -2.08. The van der Waals surface area contributed by atoms with Gasteiger partial charge in [0, 0.05) is 20.8 Å². The van der Waals surface area contributed by atoms with Crippen molar-refractivity contribution < 1.29 is 9.37 Å². The van der Waals surface area contributed by atoms with Gasteiger partial charge in [-0.1, -0.05) is 0 Å². The van der Waals surface area contributed by atoms with Crippen LogP contribution in [0.5, 0.6) is 0 Å². The molecule has 0 heterocycles. The number of nitrogens with zero attached hydrogens (tertiary/aromatic N) is 1. The molecule has 0 unspecified atom stereocenters. The highest BCUT2D eigenvalue weighted by molar-refractivity contribution is 5.25. The van der Waals surface area contributed by atoms with E-state index in [1.807, 2.05) is 20.8 Å². The fourth-order valence-corrected chi connectivity index (χ4v) is 0.137. The normalized spacial score (nSPS) is 10.5. The van der Waals surface area contributed by atoms with Crippen LogP contribution < -0.4 is 0 Å². The third-order valence-electron chi connectivity index (χ3n) is 1.14. The van der Waals surface area contributed by atoms with Crippen molar-refractivity contribution in [1.29, 1.82) is 0 Å².